The van der Waals surface area contributed by atoms with Gasteiger partial charge in [-0.2, -0.15) is 0 Å². The third-order valence-corrected chi connectivity index (χ3v) is 5.87. The predicted octanol–water partition coefficient (Wildman–Crippen LogP) is 5.38. The number of aryl methyl sites for hydroxylation is 2. The highest BCUT2D eigenvalue weighted by atomic mass is 16.5. The molecule has 1 aromatic heterocycles. The van der Waals surface area contributed by atoms with Gasteiger partial charge in [-0.1, -0.05) is 42.5 Å². The van der Waals surface area contributed by atoms with E-state index in [4.69, 9.17) is 4.74 Å². The van der Waals surface area contributed by atoms with Gasteiger partial charge in [0.1, 0.15) is 12.4 Å². The zero-order valence-corrected chi connectivity index (χ0v) is 17.4. The van der Waals surface area contributed by atoms with Crippen molar-refractivity contribution in [3.05, 3.63) is 100 Å². The molecule has 0 bridgehead atoms. The Kier molecular flexibility index (Phi) is 4.59. The molecule has 0 fully saturated rings. The second-order valence-electron chi connectivity index (χ2n) is 7.87. The van der Waals surface area contributed by atoms with Crippen molar-refractivity contribution in [3.8, 4) is 5.75 Å². The minimum Gasteiger partial charge on any atom is -0.488 e. The molecule has 5 heteroatoms. The maximum absolute atomic E-state index is 11.6. The Labute approximate surface area is 180 Å². The highest BCUT2D eigenvalue weighted by Gasteiger charge is 2.20. The van der Waals surface area contributed by atoms with Crippen LogP contribution in [-0.2, 0) is 13.2 Å². The predicted molar refractivity (Wildman–Crippen MR) is 120 cm³/mol. The maximum Gasteiger partial charge on any atom is 0.335 e. The summed E-state index contributed by atoms with van der Waals surface area (Å²) in [6.45, 7) is 5.22. The van der Waals surface area contributed by atoms with E-state index >= 15 is 0 Å². The Hall–Kier alpha value is -3.86. The van der Waals surface area contributed by atoms with Crippen molar-refractivity contribution in [1.82, 2.24) is 9.55 Å². The molecule has 0 atom stereocenters. The van der Waals surface area contributed by atoms with Gasteiger partial charge in [-0.25, -0.2) is 9.78 Å². The zero-order valence-electron chi connectivity index (χ0n) is 17.4. The van der Waals surface area contributed by atoms with E-state index in [0.29, 0.717) is 18.9 Å². The fourth-order valence-corrected chi connectivity index (χ4v) is 4.25. The summed E-state index contributed by atoms with van der Waals surface area (Å²) in [5, 5.41) is 9.52. The summed E-state index contributed by atoms with van der Waals surface area (Å²) in [6.07, 6.45) is 4.01. The van der Waals surface area contributed by atoms with Crippen LogP contribution in [0.3, 0.4) is 0 Å². The molecule has 1 aliphatic rings. The van der Waals surface area contributed by atoms with E-state index in [1.807, 2.05) is 24.5 Å². The highest BCUT2D eigenvalue weighted by Crippen LogP contribution is 2.37. The van der Waals surface area contributed by atoms with E-state index < -0.39 is 5.97 Å². The van der Waals surface area contributed by atoms with E-state index in [9.17, 15) is 9.90 Å². The number of benzene rings is 3. The lowest BCUT2D eigenvalue weighted by atomic mass is 9.93. The van der Waals surface area contributed by atoms with Gasteiger partial charge >= 0.3 is 5.97 Å². The van der Waals surface area contributed by atoms with Crippen molar-refractivity contribution in [3.63, 3.8) is 0 Å². The number of hydrogen-bond acceptors (Lipinski definition) is 3. The summed E-state index contributed by atoms with van der Waals surface area (Å²) in [5.74, 6) is -0.263. The standard InChI is InChI=1S/C26H22N2O3/c1-16-7-8-17(2)25-24(16)27-15-28(25)12-11-21-20-6-4-3-5-19(20)14-31-23-10-9-18(26(29)30)13-22(21)23/h3-11,13,15H,12,14H2,1-2H3,(H,29,30)/b21-11-. The van der Waals surface area contributed by atoms with Crippen molar-refractivity contribution in [2.45, 2.75) is 27.0 Å². The van der Waals surface area contributed by atoms with E-state index in [-0.39, 0.29) is 5.56 Å². The third kappa shape index (κ3) is 3.28. The normalized spacial score (nSPS) is 14.1. The third-order valence-electron chi connectivity index (χ3n) is 5.87. The van der Waals surface area contributed by atoms with E-state index in [1.54, 1.807) is 18.2 Å². The summed E-state index contributed by atoms with van der Waals surface area (Å²) < 4.78 is 8.17. The van der Waals surface area contributed by atoms with Crippen LogP contribution in [0.25, 0.3) is 16.6 Å². The molecule has 5 nitrogen and oxygen atoms in total. The number of carbonyl (C=O) groups is 1. The first kappa shape index (κ1) is 19.1. The molecule has 0 saturated heterocycles. The lowest BCUT2D eigenvalue weighted by molar-refractivity contribution is 0.0697. The summed E-state index contributed by atoms with van der Waals surface area (Å²) in [7, 11) is 0. The molecule has 0 amide bonds. The number of fused-ring (bicyclic) bond motifs is 3. The van der Waals surface area contributed by atoms with E-state index in [0.717, 1.165) is 38.9 Å². The summed E-state index contributed by atoms with van der Waals surface area (Å²) >= 11 is 0. The van der Waals surface area contributed by atoms with Crippen LogP contribution in [0.15, 0.2) is 67.0 Å². The van der Waals surface area contributed by atoms with Crippen LogP contribution in [0.5, 0.6) is 5.75 Å². The van der Waals surface area contributed by atoms with Gasteiger partial charge in [0.2, 0.25) is 0 Å². The number of imidazole rings is 1. The first-order valence-corrected chi connectivity index (χ1v) is 10.2. The van der Waals surface area contributed by atoms with Crippen LogP contribution in [0.2, 0.25) is 0 Å². The number of nitrogens with zero attached hydrogens (tertiary/aromatic N) is 2. The summed E-state index contributed by atoms with van der Waals surface area (Å²) in [5.41, 5.74) is 8.59. The van der Waals surface area contributed by atoms with Crippen molar-refractivity contribution in [2.24, 2.45) is 0 Å². The van der Waals surface area contributed by atoms with Crippen LogP contribution in [0.1, 0.15) is 38.2 Å². The van der Waals surface area contributed by atoms with Gasteiger partial charge in [0.05, 0.1) is 22.9 Å². The molecule has 0 radical (unpaired) electrons. The number of allylic oxidation sites excluding steroid dienone is 1. The lowest BCUT2D eigenvalue weighted by Crippen LogP contribution is -2.00. The molecule has 31 heavy (non-hydrogen) atoms. The van der Waals surface area contributed by atoms with Crippen LogP contribution >= 0.6 is 0 Å². The van der Waals surface area contributed by atoms with Crippen molar-refractivity contribution in [1.29, 1.82) is 0 Å². The number of aromatic nitrogens is 2. The van der Waals surface area contributed by atoms with Crippen LogP contribution in [0.4, 0.5) is 0 Å². The van der Waals surface area contributed by atoms with Gasteiger partial charge < -0.3 is 14.4 Å². The van der Waals surface area contributed by atoms with Gasteiger partial charge in [-0.05, 0) is 59.9 Å². The van der Waals surface area contributed by atoms with Crippen LogP contribution < -0.4 is 4.74 Å². The summed E-state index contributed by atoms with van der Waals surface area (Å²) in [4.78, 5) is 16.2. The fourth-order valence-electron chi connectivity index (χ4n) is 4.25. The second kappa shape index (κ2) is 7.43. The number of aromatic carboxylic acids is 1. The van der Waals surface area contributed by atoms with Crippen molar-refractivity contribution in [2.75, 3.05) is 0 Å². The van der Waals surface area contributed by atoms with Crippen LogP contribution in [0, 0.1) is 13.8 Å². The number of carboxylic acid groups (broad SMARTS) is 1. The largest absolute Gasteiger partial charge is 0.488 e. The minimum atomic E-state index is -0.952. The zero-order chi connectivity index (χ0) is 21.5. The number of hydrogen-bond donors (Lipinski definition) is 1. The Balaban J connectivity index is 1.68. The second-order valence-corrected chi connectivity index (χ2v) is 7.87. The molecule has 0 unspecified atom stereocenters. The Morgan fingerprint density at radius 3 is 2.74 bits per heavy atom. The molecule has 0 aliphatic carbocycles. The molecule has 3 aromatic carbocycles. The van der Waals surface area contributed by atoms with Gasteiger partial charge in [0, 0.05) is 12.1 Å². The van der Waals surface area contributed by atoms with Crippen molar-refractivity contribution >= 4 is 22.6 Å². The Morgan fingerprint density at radius 1 is 1.10 bits per heavy atom. The van der Waals surface area contributed by atoms with Gasteiger partial charge in [0.15, 0.2) is 0 Å². The monoisotopic (exact) mass is 410 g/mol. The maximum atomic E-state index is 11.6. The molecule has 154 valence electrons. The van der Waals surface area contributed by atoms with E-state index in [1.165, 1.54) is 5.56 Å². The first-order chi connectivity index (χ1) is 15.0. The molecular formula is C26H22N2O3. The van der Waals surface area contributed by atoms with Crippen LogP contribution in [-0.4, -0.2) is 20.6 Å². The smallest absolute Gasteiger partial charge is 0.335 e. The van der Waals surface area contributed by atoms with Crippen molar-refractivity contribution < 1.29 is 14.6 Å². The molecule has 1 N–H and O–H groups in total. The SMILES string of the molecule is Cc1ccc(C)c2c1ncn2C/C=C1/c2ccccc2COc2ccc(C(=O)O)cc21. The number of rotatable bonds is 3. The summed E-state index contributed by atoms with van der Waals surface area (Å²) in [6, 6.07) is 17.4. The molecule has 0 spiro atoms. The average Bonchev–Trinajstić information content (AvgIpc) is 3.14. The minimum absolute atomic E-state index is 0.243. The molecule has 2 heterocycles. The number of ether oxygens (including phenoxy) is 1. The molecular weight excluding hydrogens is 388 g/mol. The first-order valence-electron chi connectivity index (χ1n) is 10.2. The fraction of sp³-hybridized carbons (Fsp3) is 0.154. The Bertz CT molecular complexity index is 1360. The lowest BCUT2D eigenvalue weighted by Gasteiger charge is -2.12. The Morgan fingerprint density at radius 2 is 1.90 bits per heavy atom. The highest BCUT2D eigenvalue weighted by molar-refractivity contribution is 5.92. The average molecular weight is 410 g/mol. The molecule has 0 saturated carbocycles. The van der Waals surface area contributed by atoms with Gasteiger partial charge in [-0.15, -0.1) is 0 Å². The molecule has 5 rings (SSSR count). The quantitative estimate of drug-likeness (QED) is 0.493. The molecule has 1 aliphatic heterocycles. The van der Waals surface area contributed by atoms with Gasteiger partial charge in [0.25, 0.3) is 0 Å². The van der Waals surface area contributed by atoms with E-state index in [2.05, 4.69) is 47.7 Å². The van der Waals surface area contributed by atoms with Gasteiger partial charge in [-0.3, -0.25) is 0 Å². The number of carboxylic acids is 1. The topological polar surface area (TPSA) is 64.4 Å². The molecule has 4 aromatic rings.